The lowest BCUT2D eigenvalue weighted by Gasteiger charge is -2.21. The van der Waals surface area contributed by atoms with Crippen LogP contribution < -0.4 is 5.32 Å². The van der Waals surface area contributed by atoms with Gasteiger partial charge in [0.15, 0.2) is 12.3 Å². The van der Waals surface area contributed by atoms with Crippen LogP contribution in [-0.2, 0) is 19.1 Å². The second-order valence-corrected chi connectivity index (χ2v) is 6.79. The number of thiazole rings is 1. The highest BCUT2D eigenvalue weighted by molar-refractivity contribution is 7.13. The van der Waals surface area contributed by atoms with E-state index in [1.807, 2.05) is 44.2 Å². The first kappa shape index (κ1) is 20.6. The molecule has 0 saturated heterocycles. The number of methoxy groups -OCH3 is 1. The van der Waals surface area contributed by atoms with E-state index < -0.39 is 30.5 Å². The van der Waals surface area contributed by atoms with Crippen LogP contribution in [0.3, 0.4) is 0 Å². The van der Waals surface area contributed by atoms with Gasteiger partial charge in [0, 0.05) is 10.9 Å². The molecule has 2 aromatic rings. The molecule has 0 fully saturated rings. The molecule has 2 unspecified atom stereocenters. The van der Waals surface area contributed by atoms with E-state index in [4.69, 9.17) is 9.47 Å². The van der Waals surface area contributed by atoms with Crippen LogP contribution in [0.2, 0.25) is 0 Å². The number of benzene rings is 1. The van der Waals surface area contributed by atoms with E-state index in [1.54, 1.807) is 5.38 Å². The van der Waals surface area contributed by atoms with Crippen molar-refractivity contribution in [3.8, 4) is 10.6 Å². The summed E-state index contributed by atoms with van der Waals surface area (Å²) in [5.41, 5.74) is 1.03. The van der Waals surface area contributed by atoms with Crippen LogP contribution in [0.1, 0.15) is 30.8 Å². The summed E-state index contributed by atoms with van der Waals surface area (Å²) in [5.74, 6) is -1.90. The highest BCUT2D eigenvalue weighted by Gasteiger charge is 2.27. The fourth-order valence-electron chi connectivity index (χ4n) is 2.30. The van der Waals surface area contributed by atoms with Gasteiger partial charge in [-0.15, -0.1) is 11.3 Å². The lowest BCUT2D eigenvalue weighted by Crippen LogP contribution is -2.47. The third kappa shape index (κ3) is 5.62. The number of hydrogen-bond acceptors (Lipinski definition) is 7. The minimum atomic E-state index is -0.782. The third-order valence-corrected chi connectivity index (χ3v) is 4.94. The van der Waals surface area contributed by atoms with Gasteiger partial charge in [0.2, 0.25) is 0 Å². The molecule has 7 nitrogen and oxygen atoms in total. The normalized spacial score (nSPS) is 12.7. The number of hydrogen-bond donors (Lipinski definition) is 1. The zero-order valence-corrected chi connectivity index (χ0v) is 16.2. The molecule has 0 aliphatic rings. The molecule has 2 atom stereocenters. The summed E-state index contributed by atoms with van der Waals surface area (Å²) < 4.78 is 9.71. The van der Waals surface area contributed by atoms with E-state index in [1.165, 1.54) is 18.4 Å². The van der Waals surface area contributed by atoms with Crippen LogP contribution in [0.5, 0.6) is 0 Å². The largest absolute Gasteiger partial charge is 0.467 e. The molecule has 0 aliphatic carbocycles. The Morgan fingerprint density at radius 3 is 2.56 bits per heavy atom. The molecule has 1 N–H and O–H groups in total. The smallest absolute Gasteiger partial charge is 0.358 e. The quantitative estimate of drug-likeness (QED) is 0.697. The predicted molar refractivity (Wildman–Crippen MR) is 101 cm³/mol. The molecule has 0 spiro atoms. The van der Waals surface area contributed by atoms with E-state index in [0.29, 0.717) is 11.4 Å². The minimum absolute atomic E-state index is 0.107. The van der Waals surface area contributed by atoms with Gasteiger partial charge in [-0.05, 0) is 5.92 Å². The summed E-state index contributed by atoms with van der Waals surface area (Å²) in [6.07, 6.45) is 0.681. The molecule has 0 radical (unpaired) electrons. The lowest BCUT2D eigenvalue weighted by atomic mass is 9.99. The topological polar surface area (TPSA) is 94.6 Å². The van der Waals surface area contributed by atoms with Crippen LogP contribution in [0, 0.1) is 5.92 Å². The summed E-state index contributed by atoms with van der Waals surface area (Å²) in [4.78, 5) is 40.2. The van der Waals surface area contributed by atoms with Gasteiger partial charge in [-0.1, -0.05) is 50.6 Å². The molecule has 8 heteroatoms. The fraction of sp³-hybridized carbons (Fsp3) is 0.368. The lowest BCUT2D eigenvalue weighted by molar-refractivity contribution is -0.147. The molecule has 0 bridgehead atoms. The highest BCUT2D eigenvalue weighted by atomic mass is 32.1. The zero-order valence-electron chi connectivity index (χ0n) is 15.4. The Balaban J connectivity index is 1.92. The van der Waals surface area contributed by atoms with Crippen LogP contribution in [0.25, 0.3) is 10.6 Å². The van der Waals surface area contributed by atoms with E-state index >= 15 is 0 Å². The summed E-state index contributed by atoms with van der Waals surface area (Å²) in [6.45, 7) is 3.23. The molecule has 0 aliphatic heterocycles. The fourth-order valence-corrected chi connectivity index (χ4v) is 3.09. The summed E-state index contributed by atoms with van der Waals surface area (Å²) in [7, 11) is 1.26. The second-order valence-electron chi connectivity index (χ2n) is 5.93. The van der Waals surface area contributed by atoms with Gasteiger partial charge < -0.3 is 14.8 Å². The van der Waals surface area contributed by atoms with Gasteiger partial charge >= 0.3 is 11.9 Å². The number of nitrogens with zero attached hydrogens (tertiary/aromatic N) is 1. The van der Waals surface area contributed by atoms with Crippen molar-refractivity contribution >= 4 is 29.2 Å². The molecule has 1 heterocycles. The van der Waals surface area contributed by atoms with E-state index in [9.17, 15) is 14.4 Å². The second kappa shape index (κ2) is 9.82. The SMILES string of the molecule is CCC(C)C(NC(=O)COC(=O)c1csc(-c2ccccc2)n1)C(=O)OC. The maximum atomic E-state index is 12.1. The maximum Gasteiger partial charge on any atom is 0.358 e. The van der Waals surface area contributed by atoms with Crippen LogP contribution in [0.15, 0.2) is 35.7 Å². The standard InChI is InChI=1S/C19H22N2O5S/c1-4-12(2)16(19(24)25-3)21-15(22)10-26-18(23)14-11-27-17(20-14)13-8-6-5-7-9-13/h5-9,11-12,16H,4,10H2,1-3H3,(H,21,22). The van der Waals surface area contributed by atoms with Gasteiger partial charge in [0.05, 0.1) is 7.11 Å². The van der Waals surface area contributed by atoms with Gasteiger partial charge in [-0.3, -0.25) is 4.79 Å². The maximum absolute atomic E-state index is 12.1. The molecule has 1 aromatic heterocycles. The number of nitrogens with one attached hydrogen (secondary N) is 1. The van der Waals surface area contributed by atoms with Crippen molar-refractivity contribution in [3.63, 3.8) is 0 Å². The molecule has 1 amide bonds. The van der Waals surface area contributed by atoms with Gasteiger partial charge in [-0.25, -0.2) is 14.6 Å². The molecular weight excluding hydrogens is 368 g/mol. The number of ether oxygens (including phenoxy) is 2. The van der Waals surface area contributed by atoms with Crippen molar-refractivity contribution in [1.29, 1.82) is 0 Å². The predicted octanol–water partition coefficient (Wildman–Crippen LogP) is 2.67. The molecule has 0 saturated carbocycles. The van der Waals surface area contributed by atoms with Crippen molar-refractivity contribution in [2.45, 2.75) is 26.3 Å². The van der Waals surface area contributed by atoms with Crippen molar-refractivity contribution in [2.75, 3.05) is 13.7 Å². The average Bonchev–Trinajstić information content (AvgIpc) is 3.20. The van der Waals surface area contributed by atoms with Crippen molar-refractivity contribution < 1.29 is 23.9 Å². The Morgan fingerprint density at radius 1 is 1.22 bits per heavy atom. The number of esters is 2. The summed E-state index contributed by atoms with van der Waals surface area (Å²) in [6, 6.07) is 8.66. The first-order chi connectivity index (χ1) is 13.0. The van der Waals surface area contributed by atoms with Gasteiger partial charge in [0.1, 0.15) is 11.0 Å². The highest BCUT2D eigenvalue weighted by Crippen LogP contribution is 2.23. The Kier molecular flexibility index (Phi) is 7.48. The number of carbonyl (C=O) groups is 3. The Bertz CT molecular complexity index is 790. The number of rotatable bonds is 8. The van der Waals surface area contributed by atoms with Crippen molar-refractivity contribution in [1.82, 2.24) is 10.3 Å². The molecule has 144 valence electrons. The molecule has 1 aromatic carbocycles. The summed E-state index contributed by atoms with van der Waals surface area (Å²) >= 11 is 1.32. The van der Waals surface area contributed by atoms with Crippen molar-refractivity contribution in [3.05, 3.63) is 41.4 Å². The van der Waals surface area contributed by atoms with Crippen molar-refractivity contribution in [2.24, 2.45) is 5.92 Å². The molecule has 2 rings (SSSR count). The first-order valence-electron chi connectivity index (χ1n) is 8.51. The number of carbonyl (C=O) groups excluding carboxylic acids is 3. The average molecular weight is 390 g/mol. The zero-order chi connectivity index (χ0) is 19.8. The van der Waals surface area contributed by atoms with Crippen LogP contribution in [-0.4, -0.2) is 42.6 Å². The number of amides is 1. The Labute approximate surface area is 161 Å². The Hall–Kier alpha value is -2.74. The van der Waals surface area contributed by atoms with Gasteiger partial charge in [0.25, 0.3) is 5.91 Å². The monoisotopic (exact) mass is 390 g/mol. The number of aromatic nitrogens is 1. The van der Waals surface area contributed by atoms with E-state index in [0.717, 1.165) is 5.56 Å². The summed E-state index contributed by atoms with van der Waals surface area (Å²) in [5, 5.41) is 4.82. The van der Waals surface area contributed by atoms with Gasteiger partial charge in [-0.2, -0.15) is 0 Å². The van der Waals surface area contributed by atoms with Crippen LogP contribution in [0.4, 0.5) is 0 Å². The molecular formula is C19H22N2O5S. The first-order valence-corrected chi connectivity index (χ1v) is 9.39. The van der Waals surface area contributed by atoms with E-state index in [-0.39, 0.29) is 11.6 Å². The van der Waals surface area contributed by atoms with E-state index in [2.05, 4.69) is 10.3 Å². The molecule has 27 heavy (non-hydrogen) atoms. The third-order valence-electron chi connectivity index (χ3n) is 4.05. The van der Waals surface area contributed by atoms with Crippen LogP contribution >= 0.6 is 11.3 Å². The Morgan fingerprint density at radius 2 is 1.93 bits per heavy atom. The minimum Gasteiger partial charge on any atom is -0.467 e.